The van der Waals surface area contributed by atoms with Crippen molar-refractivity contribution in [3.63, 3.8) is 0 Å². The van der Waals surface area contributed by atoms with Crippen molar-refractivity contribution in [1.29, 1.82) is 0 Å². The van der Waals surface area contributed by atoms with Crippen LogP contribution in [0.3, 0.4) is 0 Å². The molecule has 0 spiro atoms. The van der Waals surface area contributed by atoms with Crippen molar-refractivity contribution in [3.8, 4) is 28.1 Å². The molecular weight excluding hydrogens is 462 g/mol. The number of rotatable bonds is 4. The lowest BCUT2D eigenvalue weighted by Gasteiger charge is -2.22. The summed E-state index contributed by atoms with van der Waals surface area (Å²) in [6.07, 6.45) is 4.64. The van der Waals surface area contributed by atoms with Crippen LogP contribution in [0.5, 0.6) is 5.75 Å². The number of carbonyl (C=O) groups is 1. The van der Waals surface area contributed by atoms with Gasteiger partial charge in [-0.1, -0.05) is 30.3 Å². The molecule has 0 amide bonds. The second-order valence-electron chi connectivity index (χ2n) is 9.51. The number of carboxylic acid groups (broad SMARTS) is 1. The van der Waals surface area contributed by atoms with Gasteiger partial charge in [0.15, 0.2) is 0 Å². The van der Waals surface area contributed by atoms with Crippen LogP contribution in [0.2, 0.25) is 0 Å². The molecule has 0 saturated carbocycles. The number of carboxylic acids is 1. The predicted molar refractivity (Wildman–Crippen MR) is 144 cm³/mol. The van der Waals surface area contributed by atoms with Crippen molar-refractivity contribution in [3.05, 3.63) is 95.8 Å². The lowest BCUT2D eigenvalue weighted by atomic mass is 9.88. The van der Waals surface area contributed by atoms with Crippen LogP contribution in [-0.4, -0.2) is 32.1 Å². The molecule has 0 radical (unpaired) electrons. The summed E-state index contributed by atoms with van der Waals surface area (Å²) in [6, 6.07) is 22.3. The lowest BCUT2D eigenvalue weighted by Crippen LogP contribution is -2.10. The molecule has 7 rings (SSSR count). The molecule has 6 heteroatoms. The van der Waals surface area contributed by atoms with Gasteiger partial charge in [-0.05, 0) is 65.6 Å². The average molecular weight is 486 g/mol. The van der Waals surface area contributed by atoms with Crippen LogP contribution in [0.4, 0.5) is 0 Å². The monoisotopic (exact) mass is 485 g/mol. The minimum Gasteiger partial charge on any atom is -0.493 e. The smallest absolute Gasteiger partial charge is 0.307 e. The molecule has 3 aromatic heterocycles. The van der Waals surface area contributed by atoms with Gasteiger partial charge in [-0.2, -0.15) is 0 Å². The van der Waals surface area contributed by atoms with Crippen molar-refractivity contribution < 1.29 is 14.6 Å². The van der Waals surface area contributed by atoms with Gasteiger partial charge in [0.05, 0.1) is 29.8 Å². The number of aromatic nitrogens is 3. The van der Waals surface area contributed by atoms with Crippen LogP contribution in [0.15, 0.2) is 79.1 Å². The van der Waals surface area contributed by atoms with Crippen LogP contribution < -0.4 is 4.74 Å². The summed E-state index contributed by atoms with van der Waals surface area (Å²) in [5.74, 6) is -0.0351. The highest BCUT2D eigenvalue weighted by Gasteiger charge is 2.23. The van der Waals surface area contributed by atoms with Crippen LogP contribution in [0.1, 0.15) is 16.7 Å². The molecule has 1 aliphatic rings. The molecular formula is C31H23N3O3. The summed E-state index contributed by atoms with van der Waals surface area (Å²) in [7, 11) is 0. The zero-order valence-electron chi connectivity index (χ0n) is 20.2. The largest absolute Gasteiger partial charge is 0.493 e. The molecule has 1 aliphatic heterocycles. The molecule has 0 bridgehead atoms. The molecule has 0 fully saturated rings. The fraction of sp³-hybridized carbons (Fsp3) is 0.129. The van der Waals surface area contributed by atoms with E-state index in [1.54, 1.807) is 0 Å². The van der Waals surface area contributed by atoms with E-state index in [2.05, 4.69) is 34.9 Å². The first-order valence-electron chi connectivity index (χ1n) is 12.3. The first-order chi connectivity index (χ1) is 18.1. The second-order valence-corrected chi connectivity index (χ2v) is 9.51. The predicted octanol–water partition coefficient (Wildman–Crippen LogP) is 6.24. The summed E-state index contributed by atoms with van der Waals surface area (Å²) in [4.78, 5) is 21.6. The molecule has 37 heavy (non-hydrogen) atoms. The summed E-state index contributed by atoms with van der Waals surface area (Å²) in [6.45, 7) is 2.63. The molecule has 0 saturated heterocycles. The third-order valence-electron chi connectivity index (χ3n) is 7.30. The topological polar surface area (TPSA) is 76.7 Å². The highest BCUT2D eigenvalue weighted by Crippen LogP contribution is 2.42. The molecule has 180 valence electrons. The molecule has 0 aliphatic carbocycles. The van der Waals surface area contributed by atoms with Crippen LogP contribution >= 0.6 is 0 Å². The zero-order valence-corrected chi connectivity index (χ0v) is 20.2. The minimum atomic E-state index is -0.863. The van der Waals surface area contributed by atoms with Gasteiger partial charge in [0.2, 0.25) is 0 Å². The quantitative estimate of drug-likeness (QED) is 0.320. The maximum Gasteiger partial charge on any atom is 0.307 e. The lowest BCUT2D eigenvalue weighted by molar-refractivity contribution is -0.136. The highest BCUT2D eigenvalue weighted by molar-refractivity contribution is 6.08. The highest BCUT2D eigenvalue weighted by atomic mass is 16.5. The number of pyridine rings is 2. The Morgan fingerprint density at radius 3 is 2.78 bits per heavy atom. The third kappa shape index (κ3) is 3.37. The fourth-order valence-corrected chi connectivity index (χ4v) is 5.63. The zero-order chi connectivity index (χ0) is 25.1. The number of imidazole rings is 1. The van der Waals surface area contributed by atoms with Gasteiger partial charge in [0, 0.05) is 40.7 Å². The van der Waals surface area contributed by atoms with Crippen molar-refractivity contribution in [1.82, 2.24) is 14.4 Å². The van der Waals surface area contributed by atoms with E-state index in [1.807, 2.05) is 55.6 Å². The number of ether oxygens (including phenoxy) is 1. The first-order valence-corrected chi connectivity index (χ1v) is 12.3. The number of nitrogens with zero attached hydrogens (tertiary/aromatic N) is 3. The van der Waals surface area contributed by atoms with Crippen LogP contribution in [0.25, 0.3) is 49.8 Å². The number of fused-ring (bicyclic) bond motifs is 3. The van der Waals surface area contributed by atoms with Gasteiger partial charge in [0.25, 0.3) is 0 Å². The molecule has 0 atom stereocenters. The SMILES string of the molecule is Cc1cc2c(ccc3nc(-c4ccccc4)cn32)c(-c2ccc3c4c(ccnc24)CCO3)c1CC(=O)O. The van der Waals surface area contributed by atoms with Gasteiger partial charge in [0.1, 0.15) is 11.4 Å². The fourth-order valence-electron chi connectivity index (χ4n) is 5.63. The number of hydrogen-bond acceptors (Lipinski definition) is 4. The van der Waals surface area contributed by atoms with Gasteiger partial charge >= 0.3 is 5.97 Å². The number of benzene rings is 3. The van der Waals surface area contributed by atoms with Crippen molar-refractivity contribution in [2.24, 2.45) is 0 Å². The number of hydrogen-bond donors (Lipinski definition) is 1. The second kappa shape index (κ2) is 8.17. The van der Waals surface area contributed by atoms with E-state index in [1.165, 1.54) is 5.56 Å². The summed E-state index contributed by atoms with van der Waals surface area (Å²) in [5, 5.41) is 11.8. The summed E-state index contributed by atoms with van der Waals surface area (Å²) in [5.41, 5.74) is 9.32. The molecule has 6 nitrogen and oxygen atoms in total. The maximum absolute atomic E-state index is 12.0. The van der Waals surface area contributed by atoms with Gasteiger partial charge in [-0.15, -0.1) is 0 Å². The van der Waals surface area contributed by atoms with E-state index in [0.717, 1.165) is 73.1 Å². The average Bonchev–Trinajstić information content (AvgIpc) is 3.36. The Hall–Kier alpha value is -4.71. The van der Waals surface area contributed by atoms with E-state index < -0.39 is 5.97 Å². The first kappa shape index (κ1) is 21.6. The Bertz CT molecular complexity index is 1860. The Morgan fingerprint density at radius 1 is 1.08 bits per heavy atom. The van der Waals surface area contributed by atoms with Gasteiger partial charge in [-0.25, -0.2) is 4.98 Å². The van der Waals surface area contributed by atoms with E-state index >= 15 is 0 Å². The maximum atomic E-state index is 12.0. The van der Waals surface area contributed by atoms with E-state index in [0.29, 0.717) is 6.61 Å². The van der Waals surface area contributed by atoms with Crippen LogP contribution in [0, 0.1) is 6.92 Å². The number of aryl methyl sites for hydroxylation is 1. The van der Waals surface area contributed by atoms with E-state index in [4.69, 9.17) is 14.7 Å². The van der Waals surface area contributed by atoms with Crippen molar-refractivity contribution >= 4 is 33.4 Å². The van der Waals surface area contributed by atoms with Gasteiger partial charge in [-0.3, -0.25) is 14.2 Å². The molecule has 6 aromatic rings. The van der Waals surface area contributed by atoms with Gasteiger partial charge < -0.3 is 9.84 Å². The molecule has 3 aromatic carbocycles. The van der Waals surface area contributed by atoms with Crippen molar-refractivity contribution in [2.75, 3.05) is 6.61 Å². The Labute approximate surface area is 212 Å². The van der Waals surface area contributed by atoms with E-state index in [-0.39, 0.29) is 6.42 Å². The summed E-state index contributed by atoms with van der Waals surface area (Å²) >= 11 is 0. The normalized spacial score (nSPS) is 12.8. The van der Waals surface area contributed by atoms with Crippen LogP contribution in [-0.2, 0) is 17.6 Å². The van der Waals surface area contributed by atoms with E-state index in [9.17, 15) is 9.90 Å². The number of aliphatic carboxylic acids is 1. The standard InChI is InChI=1S/C31H23N3O3/c1-18-15-25-21(8-10-27-33-24(17-34(25)27)19-5-3-2-4-6-19)30(23(18)16-28(35)36)22-7-9-26-29-20(12-14-37-26)11-13-32-31(22)29/h2-11,13,15,17H,12,14,16H2,1H3,(H,35,36). The minimum absolute atomic E-state index is 0.0756. The van der Waals surface area contributed by atoms with Crippen molar-refractivity contribution in [2.45, 2.75) is 19.8 Å². The molecule has 4 heterocycles. The molecule has 1 N–H and O–H groups in total. The summed E-state index contributed by atoms with van der Waals surface area (Å²) < 4.78 is 8.05. The molecule has 0 unspecified atom stereocenters. The Balaban J connectivity index is 1.57. The Kier molecular flexibility index (Phi) is 4.76. The third-order valence-corrected chi connectivity index (χ3v) is 7.30. The Morgan fingerprint density at radius 2 is 1.95 bits per heavy atom.